The minimum atomic E-state index is -0.134. The van der Waals surface area contributed by atoms with Gasteiger partial charge in [0, 0.05) is 28.3 Å². The summed E-state index contributed by atoms with van der Waals surface area (Å²) in [5, 5.41) is 7.30. The number of aryl methyl sites for hydroxylation is 2. The molecule has 3 aromatic rings. The molecule has 0 fully saturated rings. The highest BCUT2D eigenvalue weighted by Gasteiger charge is 2.23. The van der Waals surface area contributed by atoms with Gasteiger partial charge in [-0.3, -0.25) is 0 Å². The van der Waals surface area contributed by atoms with Gasteiger partial charge in [-0.05, 0) is 56.0 Å². The van der Waals surface area contributed by atoms with Crippen molar-refractivity contribution >= 4 is 22.6 Å². The zero-order chi connectivity index (χ0) is 16.5. The van der Waals surface area contributed by atoms with E-state index in [2.05, 4.69) is 40.7 Å². The number of aromatic nitrogens is 1. The number of hydrogen-bond acceptors (Lipinski definition) is 1. The van der Waals surface area contributed by atoms with Gasteiger partial charge >= 0.3 is 6.03 Å². The summed E-state index contributed by atoms with van der Waals surface area (Å²) in [5.74, 6) is 0. The van der Waals surface area contributed by atoms with Gasteiger partial charge in [0.2, 0.25) is 0 Å². The first kappa shape index (κ1) is 14.8. The van der Waals surface area contributed by atoms with Crippen molar-refractivity contribution < 1.29 is 4.79 Å². The third kappa shape index (κ3) is 2.87. The lowest BCUT2D eigenvalue weighted by molar-refractivity contribution is 0.247. The number of para-hydroxylation sites is 1. The quantitative estimate of drug-likeness (QED) is 0.653. The van der Waals surface area contributed by atoms with Crippen molar-refractivity contribution in [2.75, 3.05) is 5.32 Å². The van der Waals surface area contributed by atoms with E-state index in [1.54, 1.807) is 0 Å². The maximum Gasteiger partial charge on any atom is 0.319 e. The molecule has 1 unspecified atom stereocenters. The summed E-state index contributed by atoms with van der Waals surface area (Å²) in [5.41, 5.74) is 5.94. The Balaban J connectivity index is 1.49. The number of aromatic amines is 1. The molecule has 0 bridgehead atoms. The molecule has 0 saturated heterocycles. The Bertz CT molecular complexity index is 883. The van der Waals surface area contributed by atoms with Crippen LogP contribution in [0.2, 0.25) is 0 Å². The Morgan fingerprint density at radius 1 is 1.17 bits per heavy atom. The molecule has 122 valence electrons. The van der Waals surface area contributed by atoms with E-state index in [0.717, 1.165) is 24.9 Å². The van der Waals surface area contributed by atoms with E-state index in [1.807, 2.05) is 30.3 Å². The molecule has 0 spiro atoms. The molecule has 2 aromatic carbocycles. The molecule has 0 radical (unpaired) electrons. The molecule has 4 rings (SSSR count). The molecular weight excluding hydrogens is 298 g/mol. The van der Waals surface area contributed by atoms with Crippen LogP contribution in [-0.2, 0) is 12.8 Å². The Hall–Kier alpha value is -2.75. The standard InChI is InChI=1S/C20H21N3O/c1-13-7-9-18-16(11-13)17-12-15(8-10-19(17)23-18)22-20(24)21-14-5-3-2-4-6-14/h2-7,9,11,15,23H,8,10,12H2,1H3,(H2,21,22,24). The number of benzene rings is 2. The van der Waals surface area contributed by atoms with Gasteiger partial charge < -0.3 is 15.6 Å². The SMILES string of the molecule is Cc1ccc2[nH]c3c(c2c1)CC(NC(=O)Nc1ccccc1)CC3. The topological polar surface area (TPSA) is 56.9 Å². The molecule has 0 saturated carbocycles. The number of anilines is 1. The fourth-order valence-electron chi connectivity index (χ4n) is 3.53. The molecule has 3 N–H and O–H groups in total. The van der Waals surface area contributed by atoms with Crippen LogP contribution in [0, 0.1) is 6.92 Å². The van der Waals surface area contributed by atoms with Crippen molar-refractivity contribution in [2.24, 2.45) is 0 Å². The molecular formula is C20H21N3O. The summed E-state index contributed by atoms with van der Waals surface area (Å²) >= 11 is 0. The van der Waals surface area contributed by atoms with Crippen LogP contribution in [0.1, 0.15) is 23.2 Å². The van der Waals surface area contributed by atoms with Gasteiger partial charge in [-0.1, -0.05) is 29.8 Å². The fourth-order valence-corrected chi connectivity index (χ4v) is 3.53. The molecule has 24 heavy (non-hydrogen) atoms. The van der Waals surface area contributed by atoms with E-state index >= 15 is 0 Å². The fraction of sp³-hybridized carbons (Fsp3) is 0.250. The van der Waals surface area contributed by atoms with Gasteiger partial charge in [-0.25, -0.2) is 4.79 Å². The molecule has 1 aliphatic carbocycles. The van der Waals surface area contributed by atoms with Crippen molar-refractivity contribution in [1.82, 2.24) is 10.3 Å². The maximum atomic E-state index is 12.2. The van der Waals surface area contributed by atoms with E-state index in [-0.39, 0.29) is 12.1 Å². The number of H-pyrrole nitrogens is 1. The van der Waals surface area contributed by atoms with Crippen LogP contribution >= 0.6 is 0 Å². The predicted molar refractivity (Wildman–Crippen MR) is 97.4 cm³/mol. The Kier molecular flexibility index (Phi) is 3.73. The lowest BCUT2D eigenvalue weighted by Gasteiger charge is -2.24. The summed E-state index contributed by atoms with van der Waals surface area (Å²) in [7, 11) is 0. The third-order valence-electron chi connectivity index (χ3n) is 4.71. The smallest absolute Gasteiger partial charge is 0.319 e. The summed E-state index contributed by atoms with van der Waals surface area (Å²) in [6.07, 6.45) is 2.81. The first-order valence-electron chi connectivity index (χ1n) is 8.42. The number of urea groups is 1. The van der Waals surface area contributed by atoms with Gasteiger partial charge in [0.25, 0.3) is 0 Å². The monoisotopic (exact) mass is 319 g/mol. The summed E-state index contributed by atoms with van der Waals surface area (Å²) in [6, 6.07) is 16.1. The van der Waals surface area contributed by atoms with E-state index in [1.165, 1.54) is 27.7 Å². The molecule has 1 aliphatic rings. The van der Waals surface area contributed by atoms with Crippen LogP contribution in [0.5, 0.6) is 0 Å². The van der Waals surface area contributed by atoms with Crippen LogP contribution < -0.4 is 10.6 Å². The molecule has 1 atom stereocenters. The number of nitrogens with one attached hydrogen (secondary N) is 3. The zero-order valence-corrected chi connectivity index (χ0v) is 13.7. The van der Waals surface area contributed by atoms with Crippen LogP contribution in [0.15, 0.2) is 48.5 Å². The maximum absolute atomic E-state index is 12.2. The Morgan fingerprint density at radius 3 is 2.83 bits per heavy atom. The van der Waals surface area contributed by atoms with E-state index in [0.29, 0.717) is 0 Å². The van der Waals surface area contributed by atoms with Crippen LogP contribution in [0.4, 0.5) is 10.5 Å². The average Bonchev–Trinajstić information content (AvgIpc) is 2.93. The van der Waals surface area contributed by atoms with Crippen molar-refractivity contribution in [2.45, 2.75) is 32.2 Å². The predicted octanol–water partition coefficient (Wildman–Crippen LogP) is 4.16. The molecule has 4 nitrogen and oxygen atoms in total. The highest BCUT2D eigenvalue weighted by molar-refractivity contribution is 5.90. The van der Waals surface area contributed by atoms with Crippen molar-refractivity contribution in [3.63, 3.8) is 0 Å². The van der Waals surface area contributed by atoms with E-state index in [4.69, 9.17) is 0 Å². The summed E-state index contributed by atoms with van der Waals surface area (Å²) in [4.78, 5) is 15.7. The summed E-state index contributed by atoms with van der Waals surface area (Å²) in [6.45, 7) is 2.12. The number of rotatable bonds is 2. The van der Waals surface area contributed by atoms with Gasteiger partial charge in [0.1, 0.15) is 0 Å². The van der Waals surface area contributed by atoms with Crippen molar-refractivity contribution in [3.8, 4) is 0 Å². The van der Waals surface area contributed by atoms with Gasteiger partial charge in [0.15, 0.2) is 0 Å². The second kappa shape index (κ2) is 6.04. The lowest BCUT2D eigenvalue weighted by Crippen LogP contribution is -2.41. The normalized spacial score (nSPS) is 16.6. The number of carbonyl (C=O) groups excluding carboxylic acids is 1. The highest BCUT2D eigenvalue weighted by Crippen LogP contribution is 2.29. The largest absolute Gasteiger partial charge is 0.358 e. The van der Waals surface area contributed by atoms with Gasteiger partial charge in [-0.15, -0.1) is 0 Å². The number of carbonyl (C=O) groups is 1. The average molecular weight is 319 g/mol. The number of amides is 2. The first-order valence-corrected chi connectivity index (χ1v) is 8.42. The number of hydrogen-bond donors (Lipinski definition) is 3. The number of fused-ring (bicyclic) bond motifs is 3. The second-order valence-electron chi connectivity index (χ2n) is 6.54. The van der Waals surface area contributed by atoms with Gasteiger partial charge in [-0.2, -0.15) is 0 Å². The minimum Gasteiger partial charge on any atom is -0.358 e. The molecule has 1 aromatic heterocycles. The van der Waals surface area contributed by atoms with E-state index < -0.39 is 0 Å². The Morgan fingerprint density at radius 2 is 2.00 bits per heavy atom. The van der Waals surface area contributed by atoms with Crippen molar-refractivity contribution in [3.05, 3.63) is 65.4 Å². The third-order valence-corrected chi connectivity index (χ3v) is 4.71. The summed E-state index contributed by atoms with van der Waals surface area (Å²) < 4.78 is 0. The first-order chi connectivity index (χ1) is 11.7. The highest BCUT2D eigenvalue weighted by atomic mass is 16.2. The second-order valence-corrected chi connectivity index (χ2v) is 6.54. The van der Waals surface area contributed by atoms with Crippen molar-refractivity contribution in [1.29, 1.82) is 0 Å². The molecule has 1 heterocycles. The van der Waals surface area contributed by atoms with E-state index in [9.17, 15) is 4.79 Å². The lowest BCUT2D eigenvalue weighted by atomic mass is 9.91. The Labute approximate surface area is 141 Å². The van der Waals surface area contributed by atoms with Gasteiger partial charge in [0.05, 0.1) is 0 Å². The molecule has 4 heteroatoms. The minimum absolute atomic E-state index is 0.134. The molecule has 0 aliphatic heterocycles. The zero-order valence-electron chi connectivity index (χ0n) is 13.7. The van der Waals surface area contributed by atoms with Crippen LogP contribution in [0.3, 0.4) is 0 Å². The van der Waals surface area contributed by atoms with Crippen LogP contribution in [-0.4, -0.2) is 17.1 Å². The van der Waals surface area contributed by atoms with Crippen LogP contribution in [0.25, 0.3) is 10.9 Å². The molecule has 2 amide bonds.